The summed E-state index contributed by atoms with van der Waals surface area (Å²) in [6.07, 6.45) is 2.48. The Morgan fingerprint density at radius 2 is 2.00 bits per heavy atom. The second-order valence-electron chi connectivity index (χ2n) is 3.99. The number of carbonyl (C=O) groups is 1. The number of carboxylic acids is 1. The van der Waals surface area contributed by atoms with Crippen molar-refractivity contribution in [2.24, 2.45) is 0 Å². The van der Waals surface area contributed by atoms with Crippen LogP contribution in [-0.4, -0.2) is 25.3 Å². The molecule has 0 bridgehead atoms. The number of hydrogen-bond acceptors (Lipinski definition) is 4. The fourth-order valence-corrected chi connectivity index (χ4v) is 2.63. The number of aromatic nitrogens is 2. The van der Waals surface area contributed by atoms with Gasteiger partial charge >= 0.3 is 5.97 Å². The van der Waals surface area contributed by atoms with Crippen molar-refractivity contribution >= 4 is 16.8 Å². The van der Waals surface area contributed by atoms with Gasteiger partial charge in [0.15, 0.2) is 0 Å². The van der Waals surface area contributed by atoms with Crippen molar-refractivity contribution in [2.45, 2.75) is 17.6 Å². The van der Waals surface area contributed by atoms with Crippen LogP contribution in [0, 0.1) is 6.92 Å². The molecular weight excluding hydrogens is 264 g/mol. The van der Waals surface area contributed by atoms with E-state index in [0.717, 1.165) is 5.56 Å². The molecule has 0 amide bonds. The van der Waals surface area contributed by atoms with Crippen molar-refractivity contribution < 1.29 is 14.1 Å². The van der Waals surface area contributed by atoms with Crippen LogP contribution in [0.1, 0.15) is 21.6 Å². The quantitative estimate of drug-likeness (QED) is 0.920. The Kier molecular flexibility index (Phi) is 4.01. The van der Waals surface area contributed by atoms with Crippen LogP contribution in [0.4, 0.5) is 0 Å². The second kappa shape index (κ2) is 5.71. The van der Waals surface area contributed by atoms with Crippen molar-refractivity contribution in [1.82, 2.24) is 9.97 Å². The molecule has 2 aromatic rings. The third-order valence-electron chi connectivity index (χ3n) is 2.58. The zero-order chi connectivity index (χ0) is 13.8. The Balaban J connectivity index is 2.24. The lowest BCUT2D eigenvalue weighted by Gasteiger charge is -2.05. The Morgan fingerprint density at radius 1 is 1.32 bits per heavy atom. The smallest absolute Gasteiger partial charge is 0.339 e. The van der Waals surface area contributed by atoms with E-state index in [4.69, 9.17) is 5.11 Å². The first-order valence-corrected chi connectivity index (χ1v) is 6.87. The molecule has 0 saturated carbocycles. The fourth-order valence-electron chi connectivity index (χ4n) is 1.55. The normalized spacial score (nSPS) is 12.1. The molecule has 0 radical (unpaired) electrons. The van der Waals surface area contributed by atoms with E-state index in [9.17, 15) is 9.00 Å². The number of aromatic carboxylic acids is 1. The van der Waals surface area contributed by atoms with Gasteiger partial charge in [-0.3, -0.25) is 4.21 Å². The van der Waals surface area contributed by atoms with Crippen LogP contribution in [0.3, 0.4) is 0 Å². The van der Waals surface area contributed by atoms with E-state index in [-0.39, 0.29) is 17.0 Å². The summed E-state index contributed by atoms with van der Waals surface area (Å²) in [6.45, 7) is 1.94. The molecule has 6 heteroatoms. The molecule has 0 aliphatic heterocycles. The molecule has 0 aliphatic carbocycles. The number of carboxylic acid groups (broad SMARTS) is 1. The maximum atomic E-state index is 12.2. The van der Waals surface area contributed by atoms with Crippen molar-refractivity contribution in [3.05, 3.63) is 53.6 Å². The van der Waals surface area contributed by atoms with Gasteiger partial charge in [0.2, 0.25) is 0 Å². The van der Waals surface area contributed by atoms with Gasteiger partial charge in [0.05, 0.1) is 22.2 Å². The molecule has 1 unspecified atom stereocenters. The highest BCUT2D eigenvalue weighted by Gasteiger charge is 2.14. The van der Waals surface area contributed by atoms with Crippen molar-refractivity contribution in [3.8, 4) is 0 Å². The van der Waals surface area contributed by atoms with Crippen LogP contribution < -0.4 is 0 Å². The molecule has 2 rings (SSSR count). The predicted octanol–water partition coefficient (Wildman–Crippen LogP) is 1.79. The van der Waals surface area contributed by atoms with E-state index in [1.54, 1.807) is 12.1 Å². The molecule has 0 spiro atoms. The fraction of sp³-hybridized carbons (Fsp3) is 0.154. The van der Waals surface area contributed by atoms with Crippen LogP contribution in [0.15, 0.2) is 41.7 Å². The lowest BCUT2D eigenvalue weighted by atomic mass is 10.2. The first-order chi connectivity index (χ1) is 9.08. The summed E-state index contributed by atoms with van der Waals surface area (Å²) in [5, 5.41) is 9.01. The third kappa shape index (κ3) is 3.23. The number of aryl methyl sites for hydroxylation is 1. The maximum absolute atomic E-state index is 12.2. The van der Waals surface area contributed by atoms with Crippen molar-refractivity contribution in [3.63, 3.8) is 0 Å². The minimum Gasteiger partial charge on any atom is -0.478 e. The van der Waals surface area contributed by atoms with E-state index in [1.807, 2.05) is 19.1 Å². The molecule has 1 atom stereocenters. The highest BCUT2D eigenvalue weighted by molar-refractivity contribution is 7.84. The maximum Gasteiger partial charge on any atom is 0.339 e. The number of hydrogen-bond donors (Lipinski definition) is 1. The van der Waals surface area contributed by atoms with Gasteiger partial charge in [-0.05, 0) is 19.1 Å². The van der Waals surface area contributed by atoms with Gasteiger partial charge in [0, 0.05) is 11.1 Å². The summed E-state index contributed by atoms with van der Waals surface area (Å²) >= 11 is 0. The number of nitrogens with zero attached hydrogens (tertiary/aromatic N) is 2. The summed E-state index contributed by atoms with van der Waals surface area (Å²) in [5.41, 5.74) is 1.35. The van der Waals surface area contributed by atoms with E-state index in [2.05, 4.69) is 9.97 Å². The molecule has 1 aromatic heterocycles. The Bertz CT molecular complexity index is 626. The van der Waals surface area contributed by atoms with E-state index < -0.39 is 16.8 Å². The lowest BCUT2D eigenvalue weighted by molar-refractivity contribution is 0.0695. The standard InChI is InChI=1S/C13H12N2O3S/c1-9-2-4-10(5-3-9)19(18)7-12-11(13(16)17)6-14-8-15-12/h2-6,8H,7H2,1H3,(H,16,17). The molecule has 0 saturated heterocycles. The number of rotatable bonds is 4. The Hall–Kier alpha value is -2.08. The average Bonchev–Trinajstić information content (AvgIpc) is 2.39. The molecule has 98 valence electrons. The van der Waals surface area contributed by atoms with Crippen molar-refractivity contribution in [1.29, 1.82) is 0 Å². The van der Waals surface area contributed by atoms with Crippen molar-refractivity contribution in [2.75, 3.05) is 0 Å². The van der Waals surface area contributed by atoms with Crippen LogP contribution >= 0.6 is 0 Å². The molecule has 0 fully saturated rings. The topological polar surface area (TPSA) is 80.2 Å². The Morgan fingerprint density at radius 3 is 2.63 bits per heavy atom. The summed E-state index contributed by atoms with van der Waals surface area (Å²) in [5.74, 6) is -1.05. The highest BCUT2D eigenvalue weighted by atomic mass is 32.2. The van der Waals surface area contributed by atoms with Crippen LogP contribution in [-0.2, 0) is 16.6 Å². The van der Waals surface area contributed by atoms with E-state index in [1.165, 1.54) is 12.5 Å². The van der Waals surface area contributed by atoms with Gasteiger partial charge in [-0.1, -0.05) is 17.7 Å². The predicted molar refractivity (Wildman–Crippen MR) is 70.3 cm³/mol. The minimum atomic E-state index is -1.32. The van der Waals surface area contributed by atoms with E-state index >= 15 is 0 Å². The molecule has 1 heterocycles. The van der Waals surface area contributed by atoms with E-state index in [0.29, 0.717) is 4.90 Å². The van der Waals surface area contributed by atoms with Gasteiger partial charge in [-0.25, -0.2) is 14.8 Å². The zero-order valence-corrected chi connectivity index (χ0v) is 11.1. The largest absolute Gasteiger partial charge is 0.478 e. The van der Waals surface area contributed by atoms with Crippen LogP contribution in [0.5, 0.6) is 0 Å². The minimum absolute atomic E-state index is 0.0111. The summed E-state index contributed by atoms with van der Waals surface area (Å²) < 4.78 is 12.2. The second-order valence-corrected chi connectivity index (χ2v) is 5.44. The summed E-state index contributed by atoms with van der Waals surface area (Å²) in [4.78, 5) is 19.2. The van der Waals surface area contributed by atoms with Gasteiger partial charge in [-0.15, -0.1) is 0 Å². The highest BCUT2D eigenvalue weighted by Crippen LogP contribution is 2.14. The zero-order valence-electron chi connectivity index (χ0n) is 10.2. The summed E-state index contributed by atoms with van der Waals surface area (Å²) in [6, 6.07) is 7.27. The van der Waals surface area contributed by atoms with Gasteiger partial charge in [0.25, 0.3) is 0 Å². The van der Waals surface area contributed by atoms with Gasteiger partial charge in [0.1, 0.15) is 11.9 Å². The summed E-state index contributed by atoms with van der Waals surface area (Å²) in [7, 11) is -1.32. The first-order valence-electron chi connectivity index (χ1n) is 5.55. The third-order valence-corrected chi connectivity index (χ3v) is 3.91. The molecule has 1 N–H and O–H groups in total. The van der Waals surface area contributed by atoms with Crippen LogP contribution in [0.25, 0.3) is 0 Å². The van der Waals surface area contributed by atoms with Gasteiger partial charge in [-0.2, -0.15) is 0 Å². The Labute approximate surface area is 112 Å². The molecule has 5 nitrogen and oxygen atoms in total. The lowest BCUT2D eigenvalue weighted by Crippen LogP contribution is -2.08. The molecule has 19 heavy (non-hydrogen) atoms. The molecular formula is C13H12N2O3S. The van der Waals surface area contributed by atoms with Gasteiger partial charge < -0.3 is 5.11 Å². The van der Waals surface area contributed by atoms with Crippen LogP contribution in [0.2, 0.25) is 0 Å². The molecule has 0 aliphatic rings. The molecule has 1 aromatic carbocycles. The monoisotopic (exact) mass is 276 g/mol. The SMILES string of the molecule is Cc1ccc(S(=O)Cc2ncncc2C(=O)O)cc1. The number of benzene rings is 1. The average molecular weight is 276 g/mol. The first kappa shape index (κ1) is 13.4.